The Bertz CT molecular complexity index is 998. The summed E-state index contributed by atoms with van der Waals surface area (Å²) in [5.74, 6) is 0. The Morgan fingerprint density at radius 2 is 1.56 bits per heavy atom. The molecule has 0 amide bonds. The molecular weight excluding hydrogens is 328 g/mol. The van der Waals surface area contributed by atoms with Gasteiger partial charge in [0.15, 0.2) is 5.43 Å². The van der Waals surface area contributed by atoms with Crippen molar-refractivity contribution in [1.82, 2.24) is 0 Å². The molecule has 0 saturated heterocycles. The molecular formula is C26H30O. The summed E-state index contributed by atoms with van der Waals surface area (Å²) >= 11 is 0. The van der Waals surface area contributed by atoms with Gasteiger partial charge < -0.3 is 0 Å². The largest absolute Gasteiger partial charge is 0.289 e. The zero-order chi connectivity index (χ0) is 19.1. The van der Waals surface area contributed by atoms with Crippen molar-refractivity contribution in [2.45, 2.75) is 58.8 Å². The number of hydrogen-bond acceptors (Lipinski definition) is 1. The van der Waals surface area contributed by atoms with Crippen LogP contribution in [0.25, 0.3) is 21.5 Å². The molecule has 0 atom stereocenters. The fraction of sp³-hybridized carbons (Fsp3) is 0.346. The Kier molecular flexibility index (Phi) is 6.81. The Hall–Kier alpha value is -2.41. The molecule has 0 aliphatic rings. The van der Waals surface area contributed by atoms with Crippen LogP contribution >= 0.6 is 0 Å². The molecule has 0 spiro atoms. The molecule has 3 aromatic carbocycles. The van der Waals surface area contributed by atoms with Crippen LogP contribution in [0.15, 0.2) is 71.0 Å². The maximum Gasteiger partial charge on any atom is 0.194 e. The third-order valence-corrected chi connectivity index (χ3v) is 5.31. The van der Waals surface area contributed by atoms with E-state index in [0.29, 0.717) is 0 Å². The normalized spacial score (nSPS) is 12.0. The summed E-state index contributed by atoms with van der Waals surface area (Å²) in [7, 11) is 0. The minimum atomic E-state index is 0.142. The minimum Gasteiger partial charge on any atom is -0.289 e. The Balaban J connectivity index is 1.89. The quantitative estimate of drug-likeness (QED) is 0.307. The third kappa shape index (κ3) is 4.66. The molecule has 3 rings (SSSR count). The molecule has 0 heterocycles. The maximum absolute atomic E-state index is 13.0. The summed E-state index contributed by atoms with van der Waals surface area (Å²) in [4.78, 5) is 13.0. The van der Waals surface area contributed by atoms with Gasteiger partial charge in [-0.3, -0.25) is 4.79 Å². The second-order valence-corrected chi connectivity index (χ2v) is 7.36. The van der Waals surface area contributed by atoms with Gasteiger partial charge in [0.05, 0.1) is 0 Å². The van der Waals surface area contributed by atoms with E-state index in [2.05, 4.69) is 38.1 Å². The predicted octanol–water partition coefficient (Wildman–Crippen LogP) is 7.20. The van der Waals surface area contributed by atoms with Crippen molar-refractivity contribution in [3.05, 3.63) is 82.0 Å². The van der Waals surface area contributed by atoms with Crippen LogP contribution in [0, 0.1) is 0 Å². The molecule has 27 heavy (non-hydrogen) atoms. The van der Waals surface area contributed by atoms with Crippen LogP contribution in [0.3, 0.4) is 0 Å². The second kappa shape index (κ2) is 9.50. The van der Waals surface area contributed by atoms with Crippen molar-refractivity contribution >= 4 is 21.5 Å². The van der Waals surface area contributed by atoms with Crippen molar-refractivity contribution in [3.8, 4) is 0 Å². The monoisotopic (exact) mass is 358 g/mol. The lowest BCUT2D eigenvalue weighted by molar-refractivity contribution is 0.703. The lowest BCUT2D eigenvalue weighted by Gasteiger charge is -2.07. The number of hydrogen-bond donors (Lipinski definition) is 0. The van der Waals surface area contributed by atoms with Crippen LogP contribution in [0.2, 0.25) is 0 Å². The Morgan fingerprint density at radius 3 is 2.30 bits per heavy atom. The first-order valence-corrected chi connectivity index (χ1v) is 10.4. The number of fused-ring (bicyclic) bond motifs is 2. The van der Waals surface area contributed by atoms with E-state index in [9.17, 15) is 4.79 Å². The Morgan fingerprint density at radius 1 is 0.852 bits per heavy atom. The van der Waals surface area contributed by atoms with Crippen molar-refractivity contribution in [2.75, 3.05) is 0 Å². The highest BCUT2D eigenvalue weighted by molar-refractivity contribution is 5.95. The van der Waals surface area contributed by atoms with E-state index in [-0.39, 0.29) is 5.43 Å². The van der Waals surface area contributed by atoms with Gasteiger partial charge in [-0.1, -0.05) is 86.5 Å². The lowest BCUT2D eigenvalue weighted by Crippen LogP contribution is -1.98. The van der Waals surface area contributed by atoms with Crippen LogP contribution in [0.4, 0.5) is 0 Å². The topological polar surface area (TPSA) is 17.1 Å². The first-order chi connectivity index (χ1) is 13.2. The van der Waals surface area contributed by atoms with Gasteiger partial charge in [0.2, 0.25) is 0 Å². The van der Waals surface area contributed by atoms with E-state index in [4.69, 9.17) is 0 Å². The van der Waals surface area contributed by atoms with Crippen molar-refractivity contribution in [1.29, 1.82) is 0 Å². The minimum absolute atomic E-state index is 0.142. The third-order valence-electron chi connectivity index (χ3n) is 5.31. The summed E-state index contributed by atoms with van der Waals surface area (Å²) in [6.45, 7) is 4.47. The summed E-state index contributed by atoms with van der Waals surface area (Å²) in [6.07, 6.45) is 10.6. The van der Waals surface area contributed by atoms with Crippen LogP contribution in [-0.4, -0.2) is 0 Å². The van der Waals surface area contributed by atoms with E-state index in [1.54, 1.807) is 5.57 Å². The molecule has 3 aromatic rings. The molecule has 0 N–H and O–H groups in total. The fourth-order valence-electron chi connectivity index (χ4n) is 4.01. The van der Waals surface area contributed by atoms with Gasteiger partial charge in [0.1, 0.15) is 0 Å². The van der Waals surface area contributed by atoms with Gasteiger partial charge in [0, 0.05) is 10.8 Å². The average Bonchev–Trinajstić information content (AvgIpc) is 2.81. The summed E-state index contributed by atoms with van der Waals surface area (Å²) in [5.41, 5.74) is 3.04. The zero-order valence-corrected chi connectivity index (χ0v) is 16.6. The van der Waals surface area contributed by atoms with Gasteiger partial charge in [-0.15, -0.1) is 0 Å². The van der Waals surface area contributed by atoms with Crippen LogP contribution in [0.5, 0.6) is 0 Å². The van der Waals surface area contributed by atoms with Gasteiger partial charge >= 0.3 is 0 Å². The van der Waals surface area contributed by atoms with Crippen LogP contribution in [0.1, 0.15) is 57.9 Å². The van der Waals surface area contributed by atoms with E-state index in [1.165, 1.54) is 31.2 Å². The van der Waals surface area contributed by atoms with Gasteiger partial charge in [0.25, 0.3) is 0 Å². The Labute approximate surface area is 162 Å². The van der Waals surface area contributed by atoms with Crippen molar-refractivity contribution in [2.24, 2.45) is 0 Å². The molecule has 140 valence electrons. The highest BCUT2D eigenvalue weighted by Crippen LogP contribution is 2.23. The number of benzene rings is 2. The zero-order valence-electron chi connectivity index (χ0n) is 16.6. The molecule has 0 aliphatic heterocycles. The molecule has 0 radical (unpaired) electrons. The molecule has 0 unspecified atom stereocenters. The summed E-state index contributed by atoms with van der Waals surface area (Å²) in [5, 5.41) is 3.81. The molecule has 0 fully saturated rings. The fourth-order valence-corrected chi connectivity index (χ4v) is 4.01. The molecule has 0 aromatic heterocycles. The average molecular weight is 359 g/mol. The smallest absolute Gasteiger partial charge is 0.194 e. The van der Waals surface area contributed by atoms with E-state index < -0.39 is 0 Å². The van der Waals surface area contributed by atoms with E-state index in [0.717, 1.165) is 40.8 Å². The van der Waals surface area contributed by atoms with Gasteiger partial charge in [-0.2, -0.15) is 0 Å². The molecule has 0 aliphatic carbocycles. The maximum atomic E-state index is 13.0. The number of aryl methyl sites for hydroxylation is 1. The van der Waals surface area contributed by atoms with E-state index in [1.807, 2.05) is 36.4 Å². The number of allylic oxidation sites excluding steroid dienone is 2. The molecule has 0 saturated carbocycles. The highest BCUT2D eigenvalue weighted by Gasteiger charge is 2.07. The van der Waals surface area contributed by atoms with Crippen molar-refractivity contribution in [3.63, 3.8) is 0 Å². The SMILES string of the molecule is CC/C=C(/CCC)CCCCc1cc2ccccc2c(=O)c2ccccc12. The predicted molar refractivity (Wildman–Crippen MR) is 119 cm³/mol. The molecule has 0 bridgehead atoms. The highest BCUT2D eigenvalue weighted by atomic mass is 16.1. The summed E-state index contributed by atoms with van der Waals surface area (Å²) < 4.78 is 0. The molecule has 1 nitrogen and oxygen atoms in total. The standard InChI is InChI=1S/C26H30O/c1-3-11-20(12-4-2)13-5-6-14-21-19-22-15-7-8-17-24(22)26(27)25-18-10-9-16-23(21)25/h7-11,15-19H,3-6,12-14H2,1-2H3/b20-11-. The van der Waals surface area contributed by atoms with Crippen molar-refractivity contribution < 1.29 is 0 Å². The van der Waals surface area contributed by atoms with Gasteiger partial charge in [-0.05, 0) is 54.9 Å². The van der Waals surface area contributed by atoms with Gasteiger partial charge in [-0.25, -0.2) is 0 Å². The first-order valence-electron chi connectivity index (χ1n) is 10.4. The second-order valence-electron chi connectivity index (χ2n) is 7.36. The first kappa shape index (κ1) is 19.4. The lowest BCUT2D eigenvalue weighted by atomic mass is 9.99. The molecule has 1 heteroatoms. The van der Waals surface area contributed by atoms with Crippen LogP contribution in [-0.2, 0) is 6.42 Å². The van der Waals surface area contributed by atoms with E-state index >= 15 is 0 Å². The summed E-state index contributed by atoms with van der Waals surface area (Å²) in [6, 6.07) is 18.3. The number of unbranched alkanes of at least 4 members (excludes halogenated alkanes) is 1. The number of rotatable bonds is 8. The van der Waals surface area contributed by atoms with Crippen LogP contribution < -0.4 is 5.43 Å².